The number of rotatable bonds is 7. The lowest BCUT2D eigenvalue weighted by molar-refractivity contribution is 0.114. The number of hydrogen-bond acceptors (Lipinski definition) is 6. The Bertz CT molecular complexity index is 733. The highest BCUT2D eigenvalue weighted by Crippen LogP contribution is 2.30. The van der Waals surface area contributed by atoms with Crippen molar-refractivity contribution >= 4 is 17.3 Å². The number of aliphatic hydroxyl groups excluding tert-OH is 1. The highest BCUT2D eigenvalue weighted by atomic mass is 35.5. The number of piperidine rings is 1. The van der Waals surface area contributed by atoms with Crippen molar-refractivity contribution in [3.63, 3.8) is 0 Å². The van der Waals surface area contributed by atoms with Gasteiger partial charge in [0, 0.05) is 43.2 Å². The molecule has 6 nitrogen and oxygen atoms in total. The van der Waals surface area contributed by atoms with E-state index < -0.39 is 0 Å². The van der Waals surface area contributed by atoms with Gasteiger partial charge in [0.1, 0.15) is 17.0 Å². The number of hydrogen-bond donors (Lipinski definition) is 2. The molecule has 1 fully saturated rings. The van der Waals surface area contributed by atoms with E-state index in [0.717, 1.165) is 48.6 Å². The second kappa shape index (κ2) is 9.35. The SMILES string of the molecule is C[C@@H](CCO)Nc1cc(Cl)ncc1-c1ccc(OC2CCN(C)CC2)cn1. The van der Waals surface area contributed by atoms with Crippen molar-refractivity contribution in [3.8, 4) is 17.0 Å². The Labute approximate surface area is 165 Å². The number of pyridine rings is 2. The summed E-state index contributed by atoms with van der Waals surface area (Å²) in [4.78, 5) is 11.1. The van der Waals surface area contributed by atoms with Gasteiger partial charge in [-0.15, -0.1) is 0 Å². The number of aliphatic hydroxyl groups is 1. The van der Waals surface area contributed by atoms with Gasteiger partial charge in [0.15, 0.2) is 0 Å². The first kappa shape index (κ1) is 19.9. The average Bonchev–Trinajstić information content (AvgIpc) is 2.65. The molecule has 7 heteroatoms. The van der Waals surface area contributed by atoms with Crippen molar-refractivity contribution < 1.29 is 9.84 Å². The summed E-state index contributed by atoms with van der Waals surface area (Å²) in [5.41, 5.74) is 2.52. The summed E-state index contributed by atoms with van der Waals surface area (Å²) >= 11 is 6.06. The Hall–Kier alpha value is -1.89. The maximum atomic E-state index is 9.13. The van der Waals surface area contributed by atoms with Crippen molar-refractivity contribution in [3.05, 3.63) is 35.7 Å². The van der Waals surface area contributed by atoms with E-state index in [0.29, 0.717) is 11.6 Å². The number of nitrogens with one attached hydrogen (secondary N) is 1. The normalized spacial score (nSPS) is 16.9. The van der Waals surface area contributed by atoms with E-state index in [1.165, 1.54) is 0 Å². The van der Waals surface area contributed by atoms with Crippen LogP contribution in [-0.4, -0.2) is 58.9 Å². The molecule has 0 aliphatic carbocycles. The van der Waals surface area contributed by atoms with Crippen LogP contribution < -0.4 is 10.1 Å². The molecule has 0 saturated carbocycles. The minimum atomic E-state index is 0.110. The molecule has 146 valence electrons. The Morgan fingerprint density at radius 3 is 2.74 bits per heavy atom. The maximum Gasteiger partial charge on any atom is 0.138 e. The second-order valence-electron chi connectivity index (χ2n) is 7.11. The molecule has 0 unspecified atom stereocenters. The van der Waals surface area contributed by atoms with E-state index in [4.69, 9.17) is 21.4 Å². The summed E-state index contributed by atoms with van der Waals surface area (Å²) in [5, 5.41) is 12.9. The van der Waals surface area contributed by atoms with Crippen LogP contribution in [0.3, 0.4) is 0 Å². The highest BCUT2D eigenvalue weighted by molar-refractivity contribution is 6.29. The summed E-state index contributed by atoms with van der Waals surface area (Å²) in [5.74, 6) is 0.790. The lowest BCUT2D eigenvalue weighted by Crippen LogP contribution is -2.35. The standard InChI is InChI=1S/C20H27ClN4O2/c1-14(7-10-26)24-19-11-20(21)23-13-17(19)18-4-3-16(12-22-18)27-15-5-8-25(2)9-6-15/h3-4,11-15,26H,5-10H2,1-2H3,(H,23,24)/t14-/m0/s1. The number of anilines is 1. The van der Waals surface area contributed by atoms with Gasteiger partial charge in [-0.1, -0.05) is 11.6 Å². The van der Waals surface area contributed by atoms with Gasteiger partial charge in [-0.3, -0.25) is 4.98 Å². The third kappa shape index (κ3) is 5.54. The number of ether oxygens (including phenoxy) is 1. The fourth-order valence-corrected chi connectivity index (χ4v) is 3.35. The first-order chi connectivity index (χ1) is 13.0. The van der Waals surface area contributed by atoms with Gasteiger partial charge in [0.05, 0.1) is 11.9 Å². The summed E-state index contributed by atoms with van der Waals surface area (Å²) in [6.07, 6.45) is 6.46. The van der Waals surface area contributed by atoms with Gasteiger partial charge in [0.2, 0.25) is 0 Å². The molecular formula is C20H27ClN4O2. The van der Waals surface area contributed by atoms with Crippen LogP contribution >= 0.6 is 11.6 Å². The number of nitrogens with zero attached hydrogens (tertiary/aromatic N) is 3. The molecule has 1 aliphatic rings. The van der Waals surface area contributed by atoms with E-state index in [1.807, 2.05) is 19.1 Å². The molecule has 0 radical (unpaired) electrons. The largest absolute Gasteiger partial charge is 0.489 e. The van der Waals surface area contributed by atoms with Crippen molar-refractivity contribution in [1.82, 2.24) is 14.9 Å². The molecule has 1 saturated heterocycles. The van der Waals surface area contributed by atoms with Crippen LogP contribution in [0.1, 0.15) is 26.2 Å². The topological polar surface area (TPSA) is 70.5 Å². The zero-order valence-electron chi connectivity index (χ0n) is 15.9. The van der Waals surface area contributed by atoms with Gasteiger partial charge in [0.25, 0.3) is 0 Å². The van der Waals surface area contributed by atoms with E-state index in [1.54, 1.807) is 18.5 Å². The van der Waals surface area contributed by atoms with Gasteiger partial charge in [-0.05, 0) is 51.4 Å². The van der Waals surface area contributed by atoms with E-state index >= 15 is 0 Å². The van der Waals surface area contributed by atoms with Crippen molar-refractivity contribution in [2.24, 2.45) is 0 Å². The number of aromatic nitrogens is 2. The van der Waals surface area contributed by atoms with Crippen LogP contribution in [-0.2, 0) is 0 Å². The number of likely N-dealkylation sites (tertiary alicyclic amines) is 1. The fourth-order valence-electron chi connectivity index (χ4n) is 3.19. The van der Waals surface area contributed by atoms with Crippen LogP contribution in [0.25, 0.3) is 11.3 Å². The van der Waals surface area contributed by atoms with Gasteiger partial charge in [-0.2, -0.15) is 0 Å². The van der Waals surface area contributed by atoms with Crippen LogP contribution in [0.5, 0.6) is 5.75 Å². The fraction of sp³-hybridized carbons (Fsp3) is 0.500. The second-order valence-corrected chi connectivity index (χ2v) is 7.50. The molecule has 3 heterocycles. The molecule has 0 aromatic carbocycles. The molecule has 0 bridgehead atoms. The van der Waals surface area contributed by atoms with Crippen molar-refractivity contribution in [2.75, 3.05) is 32.1 Å². The zero-order chi connectivity index (χ0) is 19.2. The Balaban J connectivity index is 1.72. The number of halogens is 1. The summed E-state index contributed by atoms with van der Waals surface area (Å²) in [7, 11) is 2.14. The minimum Gasteiger partial charge on any atom is -0.489 e. The zero-order valence-corrected chi connectivity index (χ0v) is 16.6. The maximum absolute atomic E-state index is 9.13. The molecule has 2 aromatic heterocycles. The van der Waals surface area contributed by atoms with Crippen LogP contribution in [0, 0.1) is 0 Å². The smallest absolute Gasteiger partial charge is 0.138 e. The minimum absolute atomic E-state index is 0.110. The monoisotopic (exact) mass is 390 g/mol. The predicted octanol–water partition coefficient (Wildman–Crippen LogP) is 3.45. The van der Waals surface area contributed by atoms with Gasteiger partial charge in [-0.25, -0.2) is 4.98 Å². The molecule has 2 N–H and O–H groups in total. The van der Waals surface area contributed by atoms with E-state index in [2.05, 4.69) is 27.2 Å². The quantitative estimate of drug-likeness (QED) is 0.705. The third-order valence-electron chi connectivity index (χ3n) is 4.82. The third-order valence-corrected chi connectivity index (χ3v) is 5.02. The van der Waals surface area contributed by atoms with Gasteiger partial charge >= 0.3 is 0 Å². The molecule has 1 atom stereocenters. The van der Waals surface area contributed by atoms with E-state index in [9.17, 15) is 0 Å². The Morgan fingerprint density at radius 2 is 2.07 bits per heavy atom. The molecule has 1 aliphatic heterocycles. The molecule has 3 rings (SSSR count). The highest BCUT2D eigenvalue weighted by Gasteiger charge is 2.18. The first-order valence-corrected chi connectivity index (χ1v) is 9.77. The molecular weight excluding hydrogens is 364 g/mol. The molecule has 27 heavy (non-hydrogen) atoms. The molecule has 0 amide bonds. The molecule has 0 spiro atoms. The van der Waals surface area contributed by atoms with Crippen molar-refractivity contribution in [1.29, 1.82) is 0 Å². The summed E-state index contributed by atoms with van der Waals surface area (Å²) < 4.78 is 6.07. The average molecular weight is 391 g/mol. The van der Waals surface area contributed by atoms with E-state index in [-0.39, 0.29) is 18.8 Å². The Morgan fingerprint density at radius 1 is 1.30 bits per heavy atom. The van der Waals surface area contributed by atoms with Gasteiger partial charge < -0.3 is 20.1 Å². The lowest BCUT2D eigenvalue weighted by atomic mass is 10.1. The molecule has 2 aromatic rings. The summed E-state index contributed by atoms with van der Waals surface area (Å²) in [6, 6.07) is 5.79. The lowest BCUT2D eigenvalue weighted by Gasteiger charge is -2.29. The van der Waals surface area contributed by atoms with Crippen LogP contribution in [0.15, 0.2) is 30.6 Å². The van der Waals surface area contributed by atoms with Crippen LogP contribution in [0.2, 0.25) is 5.15 Å². The first-order valence-electron chi connectivity index (χ1n) is 9.39. The Kier molecular flexibility index (Phi) is 6.88. The predicted molar refractivity (Wildman–Crippen MR) is 108 cm³/mol. The van der Waals surface area contributed by atoms with Crippen LogP contribution in [0.4, 0.5) is 5.69 Å². The van der Waals surface area contributed by atoms with Crippen molar-refractivity contribution in [2.45, 2.75) is 38.3 Å². The summed E-state index contributed by atoms with van der Waals surface area (Å²) in [6.45, 7) is 4.27.